The lowest BCUT2D eigenvalue weighted by molar-refractivity contribution is 0.102. The van der Waals surface area contributed by atoms with Gasteiger partial charge in [-0.2, -0.15) is 5.10 Å². The Kier molecular flexibility index (Phi) is 5.61. The van der Waals surface area contributed by atoms with Crippen LogP contribution >= 0.6 is 0 Å². The number of rotatable bonds is 6. The van der Waals surface area contributed by atoms with E-state index >= 15 is 0 Å². The number of carbonyl (C=O) groups is 1. The second-order valence-electron chi connectivity index (χ2n) is 7.05. The molecule has 4 aromatic rings. The largest absolute Gasteiger partial charge is 0.489 e. The lowest BCUT2D eigenvalue weighted by Crippen LogP contribution is -2.14. The molecule has 0 aliphatic carbocycles. The van der Waals surface area contributed by atoms with E-state index in [9.17, 15) is 4.79 Å². The van der Waals surface area contributed by atoms with Gasteiger partial charge in [-0.3, -0.25) is 4.79 Å². The molecule has 0 bridgehead atoms. The van der Waals surface area contributed by atoms with Crippen LogP contribution in [0.3, 0.4) is 0 Å². The first-order chi connectivity index (χ1) is 14.6. The van der Waals surface area contributed by atoms with Crippen molar-refractivity contribution in [1.82, 2.24) is 9.78 Å². The SMILES string of the molecule is Cc1nn(-c2ccccc2)c(C)c1C(=O)Nc1ccc(OCc2ccccc2)cc1. The van der Waals surface area contributed by atoms with Crippen molar-refractivity contribution in [1.29, 1.82) is 0 Å². The Bertz CT molecular complexity index is 1130. The minimum absolute atomic E-state index is 0.176. The summed E-state index contributed by atoms with van der Waals surface area (Å²) in [5, 5.41) is 7.50. The summed E-state index contributed by atoms with van der Waals surface area (Å²) in [5.41, 5.74) is 4.82. The number of hydrogen-bond acceptors (Lipinski definition) is 3. The van der Waals surface area contributed by atoms with Gasteiger partial charge in [0.2, 0.25) is 0 Å². The summed E-state index contributed by atoms with van der Waals surface area (Å²) >= 11 is 0. The third-order valence-corrected chi connectivity index (χ3v) is 4.88. The lowest BCUT2D eigenvalue weighted by Gasteiger charge is -2.09. The predicted octanol–water partition coefficient (Wildman–Crippen LogP) is 5.32. The molecule has 0 fully saturated rings. The molecule has 3 aromatic carbocycles. The number of aromatic nitrogens is 2. The number of nitrogens with one attached hydrogen (secondary N) is 1. The fraction of sp³-hybridized carbons (Fsp3) is 0.120. The van der Waals surface area contributed by atoms with Crippen molar-refractivity contribution in [2.45, 2.75) is 20.5 Å². The zero-order valence-electron chi connectivity index (χ0n) is 17.0. The van der Waals surface area contributed by atoms with E-state index in [1.807, 2.05) is 98.8 Å². The Labute approximate surface area is 175 Å². The second-order valence-corrected chi connectivity index (χ2v) is 7.05. The number of aryl methyl sites for hydroxylation is 1. The number of para-hydroxylation sites is 1. The van der Waals surface area contributed by atoms with E-state index in [0.29, 0.717) is 23.6 Å². The summed E-state index contributed by atoms with van der Waals surface area (Å²) in [7, 11) is 0. The van der Waals surface area contributed by atoms with Gasteiger partial charge in [-0.25, -0.2) is 4.68 Å². The summed E-state index contributed by atoms with van der Waals surface area (Å²) in [5.74, 6) is 0.575. The minimum Gasteiger partial charge on any atom is -0.489 e. The topological polar surface area (TPSA) is 56.2 Å². The standard InChI is InChI=1S/C25H23N3O2/c1-18-24(19(2)28(27-18)22-11-7-4-8-12-22)25(29)26-21-13-15-23(16-14-21)30-17-20-9-5-3-6-10-20/h3-16H,17H2,1-2H3,(H,26,29). The lowest BCUT2D eigenvalue weighted by atomic mass is 10.1. The first kappa shape index (κ1) is 19.5. The van der Waals surface area contributed by atoms with Crippen LogP contribution in [0.15, 0.2) is 84.9 Å². The Hall–Kier alpha value is -3.86. The normalized spacial score (nSPS) is 10.6. The van der Waals surface area contributed by atoms with Gasteiger partial charge in [0.05, 0.1) is 22.6 Å². The molecule has 0 aliphatic heterocycles. The molecule has 0 spiro atoms. The number of nitrogens with zero attached hydrogens (tertiary/aromatic N) is 2. The van der Waals surface area contributed by atoms with Gasteiger partial charge in [0.1, 0.15) is 12.4 Å². The number of amides is 1. The maximum Gasteiger partial charge on any atom is 0.259 e. The van der Waals surface area contributed by atoms with Gasteiger partial charge in [0, 0.05) is 5.69 Å². The van der Waals surface area contributed by atoms with Crippen molar-refractivity contribution in [3.8, 4) is 11.4 Å². The molecule has 5 nitrogen and oxygen atoms in total. The van der Waals surface area contributed by atoms with Crippen LogP contribution in [0.25, 0.3) is 5.69 Å². The van der Waals surface area contributed by atoms with Crippen molar-refractivity contribution in [3.63, 3.8) is 0 Å². The Morgan fingerprint density at radius 3 is 2.20 bits per heavy atom. The first-order valence-corrected chi connectivity index (χ1v) is 9.81. The van der Waals surface area contributed by atoms with Gasteiger partial charge in [-0.1, -0.05) is 48.5 Å². The molecule has 0 aliphatic rings. The highest BCUT2D eigenvalue weighted by Gasteiger charge is 2.19. The highest BCUT2D eigenvalue weighted by Crippen LogP contribution is 2.21. The number of anilines is 1. The molecule has 5 heteroatoms. The fourth-order valence-corrected chi connectivity index (χ4v) is 3.36. The van der Waals surface area contributed by atoms with E-state index in [2.05, 4.69) is 10.4 Å². The second kappa shape index (κ2) is 8.66. The number of benzene rings is 3. The molecule has 1 heterocycles. The van der Waals surface area contributed by atoms with Crippen LogP contribution in [0.4, 0.5) is 5.69 Å². The predicted molar refractivity (Wildman–Crippen MR) is 118 cm³/mol. The van der Waals surface area contributed by atoms with E-state index in [0.717, 1.165) is 22.7 Å². The van der Waals surface area contributed by atoms with Crippen molar-refractivity contribution in [2.24, 2.45) is 0 Å². The summed E-state index contributed by atoms with van der Waals surface area (Å²) < 4.78 is 7.60. The molecule has 150 valence electrons. The van der Waals surface area contributed by atoms with Crippen molar-refractivity contribution in [2.75, 3.05) is 5.32 Å². The summed E-state index contributed by atoms with van der Waals surface area (Å²) in [6.45, 7) is 4.26. The molecular formula is C25H23N3O2. The van der Waals surface area contributed by atoms with E-state index in [1.165, 1.54) is 0 Å². The van der Waals surface area contributed by atoms with Crippen LogP contribution in [0.1, 0.15) is 27.3 Å². The van der Waals surface area contributed by atoms with Crippen molar-refractivity contribution in [3.05, 3.63) is 107 Å². The molecule has 0 saturated heterocycles. The average molecular weight is 397 g/mol. The molecule has 1 aromatic heterocycles. The van der Waals surface area contributed by atoms with Crippen LogP contribution < -0.4 is 10.1 Å². The van der Waals surface area contributed by atoms with Gasteiger partial charge in [0.25, 0.3) is 5.91 Å². The van der Waals surface area contributed by atoms with Crippen molar-refractivity contribution < 1.29 is 9.53 Å². The van der Waals surface area contributed by atoms with Gasteiger partial charge >= 0.3 is 0 Å². The van der Waals surface area contributed by atoms with E-state index < -0.39 is 0 Å². The highest BCUT2D eigenvalue weighted by atomic mass is 16.5. The maximum absolute atomic E-state index is 12.9. The van der Waals surface area contributed by atoms with Gasteiger partial charge in [0.15, 0.2) is 0 Å². The fourth-order valence-electron chi connectivity index (χ4n) is 3.36. The monoisotopic (exact) mass is 397 g/mol. The zero-order chi connectivity index (χ0) is 20.9. The third kappa shape index (κ3) is 4.25. The van der Waals surface area contributed by atoms with Crippen LogP contribution in [-0.4, -0.2) is 15.7 Å². The molecule has 1 amide bonds. The van der Waals surface area contributed by atoms with E-state index in [4.69, 9.17) is 4.74 Å². The summed E-state index contributed by atoms with van der Waals surface area (Å²) in [4.78, 5) is 12.9. The quantitative estimate of drug-likeness (QED) is 0.479. The highest BCUT2D eigenvalue weighted by molar-refractivity contribution is 6.06. The van der Waals surface area contributed by atoms with Crippen LogP contribution in [-0.2, 0) is 6.61 Å². The Morgan fingerprint density at radius 2 is 1.53 bits per heavy atom. The zero-order valence-corrected chi connectivity index (χ0v) is 17.0. The number of ether oxygens (including phenoxy) is 1. The average Bonchev–Trinajstić information content (AvgIpc) is 3.08. The molecule has 30 heavy (non-hydrogen) atoms. The Morgan fingerprint density at radius 1 is 0.900 bits per heavy atom. The molecular weight excluding hydrogens is 374 g/mol. The van der Waals surface area contributed by atoms with Crippen LogP contribution in [0.2, 0.25) is 0 Å². The third-order valence-electron chi connectivity index (χ3n) is 4.88. The smallest absolute Gasteiger partial charge is 0.259 e. The van der Waals surface area contributed by atoms with Crippen molar-refractivity contribution >= 4 is 11.6 Å². The first-order valence-electron chi connectivity index (χ1n) is 9.81. The molecule has 0 unspecified atom stereocenters. The molecule has 1 N–H and O–H groups in total. The molecule has 0 atom stereocenters. The van der Waals surface area contributed by atoms with E-state index in [1.54, 1.807) is 4.68 Å². The summed E-state index contributed by atoms with van der Waals surface area (Å²) in [6.07, 6.45) is 0. The minimum atomic E-state index is -0.176. The molecule has 4 rings (SSSR count). The van der Waals surface area contributed by atoms with Gasteiger partial charge in [-0.05, 0) is 55.8 Å². The van der Waals surface area contributed by atoms with Gasteiger partial charge in [-0.15, -0.1) is 0 Å². The van der Waals surface area contributed by atoms with Gasteiger partial charge < -0.3 is 10.1 Å². The Balaban J connectivity index is 1.45. The maximum atomic E-state index is 12.9. The molecule has 0 radical (unpaired) electrons. The van der Waals surface area contributed by atoms with Crippen LogP contribution in [0.5, 0.6) is 5.75 Å². The number of hydrogen-bond donors (Lipinski definition) is 1. The van der Waals surface area contributed by atoms with Crippen LogP contribution in [0, 0.1) is 13.8 Å². The molecule has 0 saturated carbocycles. The summed E-state index contributed by atoms with van der Waals surface area (Å²) in [6, 6.07) is 27.2. The number of carbonyl (C=O) groups excluding carboxylic acids is 1. The van der Waals surface area contributed by atoms with E-state index in [-0.39, 0.29) is 5.91 Å².